The molecule has 1 N–H and O–H groups in total. The maximum absolute atomic E-state index is 13.8. The number of sulfonamides is 1. The summed E-state index contributed by atoms with van der Waals surface area (Å²) in [6.45, 7) is 1.94. The molecule has 21 heavy (non-hydrogen) atoms. The van der Waals surface area contributed by atoms with Crippen LogP contribution in [0.1, 0.15) is 31.2 Å². The maximum Gasteiger partial charge on any atom is 0.245 e. The largest absolute Gasteiger partial charge is 0.393 e. The van der Waals surface area contributed by atoms with Gasteiger partial charge in [-0.3, -0.25) is 0 Å². The normalized spacial score (nSPS) is 23.5. The molecule has 4 nitrogen and oxygen atoms in total. The molecule has 118 valence electrons. The van der Waals surface area contributed by atoms with Crippen molar-refractivity contribution in [1.82, 2.24) is 4.31 Å². The number of aliphatic hydroxyl groups is 1. The molecule has 0 bridgehead atoms. The zero-order valence-corrected chi connectivity index (χ0v) is 13.2. The number of nitrogens with zero attached hydrogens (tertiary/aromatic N) is 1. The minimum atomic E-state index is -3.87. The Bertz CT molecular complexity index is 603. The van der Waals surface area contributed by atoms with Gasteiger partial charge in [0.25, 0.3) is 0 Å². The van der Waals surface area contributed by atoms with Gasteiger partial charge in [-0.25, -0.2) is 17.1 Å². The Balaban J connectivity index is 2.20. The average molecular weight is 315 g/mol. The lowest BCUT2D eigenvalue weighted by Crippen LogP contribution is -2.38. The number of hydrogen-bond donors (Lipinski definition) is 1. The molecule has 0 aliphatic heterocycles. The first-order valence-corrected chi connectivity index (χ1v) is 8.67. The predicted octanol–water partition coefficient (Wildman–Crippen LogP) is 2.31. The first kappa shape index (κ1) is 16.4. The Morgan fingerprint density at radius 2 is 2.00 bits per heavy atom. The van der Waals surface area contributed by atoms with Crippen LogP contribution in [0.4, 0.5) is 4.39 Å². The lowest BCUT2D eigenvalue weighted by Gasteiger charge is -2.30. The lowest BCUT2D eigenvalue weighted by atomic mass is 9.86. The third kappa shape index (κ3) is 3.62. The standard InChI is InChI=1S/C15H22FNO3S/c1-11-7-8-13(16)15(9-11)21(19,20)17(2)10-12-5-3-4-6-14(12)18/h7-9,12,14,18H,3-6,10H2,1-2H3. The van der Waals surface area contributed by atoms with E-state index in [0.29, 0.717) is 12.0 Å². The Kier molecular flexibility index (Phi) is 5.01. The Labute approximate surface area is 125 Å². The second-order valence-electron chi connectivity index (χ2n) is 5.83. The van der Waals surface area contributed by atoms with Gasteiger partial charge in [0.15, 0.2) is 0 Å². The number of hydrogen-bond acceptors (Lipinski definition) is 3. The highest BCUT2D eigenvalue weighted by Gasteiger charge is 2.30. The summed E-state index contributed by atoms with van der Waals surface area (Å²) in [7, 11) is -2.42. The molecule has 0 saturated heterocycles. The fourth-order valence-corrected chi connectivity index (χ4v) is 4.18. The van der Waals surface area contributed by atoms with Gasteiger partial charge in [-0.05, 0) is 43.4 Å². The molecule has 2 atom stereocenters. The number of aryl methyl sites for hydroxylation is 1. The van der Waals surface area contributed by atoms with Gasteiger partial charge in [0.05, 0.1) is 6.10 Å². The molecule has 0 spiro atoms. The second kappa shape index (κ2) is 6.42. The van der Waals surface area contributed by atoms with Crippen molar-refractivity contribution in [3.05, 3.63) is 29.6 Å². The molecule has 6 heteroatoms. The van der Waals surface area contributed by atoms with Crippen LogP contribution in [0.25, 0.3) is 0 Å². The van der Waals surface area contributed by atoms with Crippen LogP contribution in [0, 0.1) is 18.7 Å². The summed E-state index contributed by atoms with van der Waals surface area (Å²) in [6, 6.07) is 4.06. The van der Waals surface area contributed by atoms with Crippen molar-refractivity contribution in [2.75, 3.05) is 13.6 Å². The first-order valence-electron chi connectivity index (χ1n) is 7.23. The molecule has 0 amide bonds. The van der Waals surface area contributed by atoms with E-state index in [1.165, 1.54) is 19.2 Å². The first-order chi connectivity index (χ1) is 9.82. The van der Waals surface area contributed by atoms with E-state index < -0.39 is 21.9 Å². The van der Waals surface area contributed by atoms with Crippen molar-refractivity contribution in [2.45, 2.75) is 43.6 Å². The Morgan fingerprint density at radius 3 is 2.67 bits per heavy atom. The van der Waals surface area contributed by atoms with Crippen LogP contribution in [0.15, 0.2) is 23.1 Å². The number of benzene rings is 1. The average Bonchev–Trinajstić information content (AvgIpc) is 2.43. The number of halogens is 1. The van der Waals surface area contributed by atoms with Gasteiger partial charge in [0.2, 0.25) is 10.0 Å². The summed E-state index contributed by atoms with van der Waals surface area (Å²) in [6.07, 6.45) is 3.00. The van der Waals surface area contributed by atoms with Crippen LogP contribution in [0.3, 0.4) is 0 Å². The van der Waals surface area contributed by atoms with E-state index in [2.05, 4.69) is 0 Å². The van der Waals surface area contributed by atoms with Crippen LogP contribution in [-0.2, 0) is 10.0 Å². The topological polar surface area (TPSA) is 57.6 Å². The van der Waals surface area contributed by atoms with E-state index in [4.69, 9.17) is 0 Å². The van der Waals surface area contributed by atoms with Crippen LogP contribution < -0.4 is 0 Å². The highest BCUT2D eigenvalue weighted by molar-refractivity contribution is 7.89. The summed E-state index contributed by atoms with van der Waals surface area (Å²) in [5, 5.41) is 9.96. The molecule has 2 unspecified atom stereocenters. The molecule has 1 saturated carbocycles. The lowest BCUT2D eigenvalue weighted by molar-refractivity contribution is 0.0620. The van der Waals surface area contributed by atoms with Crippen LogP contribution in [-0.4, -0.2) is 37.5 Å². The Morgan fingerprint density at radius 1 is 1.33 bits per heavy atom. The molecule has 1 aliphatic carbocycles. The van der Waals surface area contributed by atoms with Gasteiger partial charge >= 0.3 is 0 Å². The fourth-order valence-electron chi connectivity index (χ4n) is 2.81. The molecule has 1 aliphatic rings. The van der Waals surface area contributed by atoms with Crippen LogP contribution >= 0.6 is 0 Å². The van der Waals surface area contributed by atoms with Crippen LogP contribution in [0.2, 0.25) is 0 Å². The van der Waals surface area contributed by atoms with Gasteiger partial charge in [0, 0.05) is 13.6 Å². The molecule has 0 aromatic heterocycles. The molecule has 1 fully saturated rings. The van der Waals surface area contributed by atoms with Gasteiger partial charge in [0.1, 0.15) is 10.7 Å². The van der Waals surface area contributed by atoms with E-state index in [1.54, 1.807) is 13.0 Å². The van der Waals surface area contributed by atoms with Crippen molar-refractivity contribution < 1.29 is 17.9 Å². The SMILES string of the molecule is Cc1ccc(F)c(S(=O)(=O)N(C)CC2CCCCC2O)c1. The maximum atomic E-state index is 13.8. The van der Waals surface area contributed by atoms with E-state index in [0.717, 1.165) is 23.6 Å². The summed E-state index contributed by atoms with van der Waals surface area (Å²) < 4.78 is 40.0. The molecular weight excluding hydrogens is 293 g/mol. The summed E-state index contributed by atoms with van der Waals surface area (Å²) in [4.78, 5) is -0.296. The molecule has 1 aromatic rings. The van der Waals surface area contributed by atoms with E-state index in [9.17, 15) is 17.9 Å². The highest BCUT2D eigenvalue weighted by Crippen LogP contribution is 2.27. The van der Waals surface area contributed by atoms with E-state index in [1.807, 2.05) is 0 Å². The second-order valence-corrected chi connectivity index (χ2v) is 7.84. The molecule has 0 heterocycles. The van der Waals surface area contributed by atoms with Gasteiger partial charge in [-0.15, -0.1) is 0 Å². The van der Waals surface area contributed by atoms with Crippen molar-refractivity contribution in [2.24, 2.45) is 5.92 Å². The fraction of sp³-hybridized carbons (Fsp3) is 0.600. The third-order valence-corrected chi connectivity index (χ3v) is 5.97. The van der Waals surface area contributed by atoms with Gasteiger partial charge in [-0.1, -0.05) is 18.9 Å². The quantitative estimate of drug-likeness (QED) is 0.927. The zero-order valence-electron chi connectivity index (χ0n) is 12.4. The monoisotopic (exact) mass is 315 g/mol. The number of aliphatic hydroxyl groups excluding tert-OH is 1. The predicted molar refractivity (Wildman–Crippen MR) is 78.9 cm³/mol. The smallest absolute Gasteiger partial charge is 0.245 e. The highest BCUT2D eigenvalue weighted by atomic mass is 32.2. The van der Waals surface area contributed by atoms with Crippen LogP contribution in [0.5, 0.6) is 0 Å². The molecule has 1 aromatic carbocycles. The molecule has 2 rings (SSSR count). The van der Waals surface area contributed by atoms with Gasteiger partial charge < -0.3 is 5.11 Å². The van der Waals surface area contributed by atoms with Crippen molar-refractivity contribution in [1.29, 1.82) is 0 Å². The minimum Gasteiger partial charge on any atom is -0.393 e. The summed E-state index contributed by atoms with van der Waals surface area (Å²) in [5.41, 5.74) is 0.695. The van der Waals surface area contributed by atoms with E-state index >= 15 is 0 Å². The molecule has 0 radical (unpaired) electrons. The van der Waals surface area contributed by atoms with Crippen molar-refractivity contribution in [3.8, 4) is 0 Å². The van der Waals surface area contributed by atoms with E-state index in [-0.39, 0.29) is 17.4 Å². The Hall–Kier alpha value is -0.980. The van der Waals surface area contributed by atoms with Gasteiger partial charge in [-0.2, -0.15) is 0 Å². The minimum absolute atomic E-state index is 0.0774. The zero-order chi connectivity index (χ0) is 15.6. The summed E-state index contributed by atoms with van der Waals surface area (Å²) >= 11 is 0. The third-order valence-electron chi connectivity index (χ3n) is 4.14. The molecular formula is C15H22FNO3S. The van der Waals surface area contributed by atoms with Crippen molar-refractivity contribution >= 4 is 10.0 Å². The van der Waals surface area contributed by atoms with Crippen molar-refractivity contribution in [3.63, 3.8) is 0 Å². The summed E-state index contributed by atoms with van der Waals surface area (Å²) in [5.74, 6) is -0.817. The number of rotatable bonds is 4.